The number of rotatable bonds is 0. The Morgan fingerprint density at radius 3 is 2.85 bits per heavy atom. The van der Waals surface area contributed by atoms with Gasteiger partial charge < -0.3 is 10.6 Å². The Hall–Kier alpha value is -1.83. The smallest absolute Gasteiger partial charge is 0.375 e. The van der Waals surface area contributed by atoms with Gasteiger partial charge in [-0.3, -0.25) is 4.79 Å². The van der Waals surface area contributed by atoms with Crippen molar-refractivity contribution >= 4 is 38.3 Å². The SMILES string of the molecule is Nc1nc2ccc3c(c2s1)CCCN3C(=O)C(F)(F)F. The van der Waals surface area contributed by atoms with E-state index in [1.54, 1.807) is 6.07 Å². The van der Waals surface area contributed by atoms with Crippen LogP contribution in [0.5, 0.6) is 0 Å². The van der Waals surface area contributed by atoms with Crippen molar-refractivity contribution in [2.45, 2.75) is 19.0 Å². The number of halogens is 3. The molecule has 20 heavy (non-hydrogen) atoms. The van der Waals surface area contributed by atoms with Crippen LogP contribution in [-0.4, -0.2) is 23.6 Å². The van der Waals surface area contributed by atoms with E-state index in [0.29, 0.717) is 29.2 Å². The van der Waals surface area contributed by atoms with Crippen molar-refractivity contribution in [3.63, 3.8) is 0 Å². The molecule has 0 saturated heterocycles. The average molecular weight is 301 g/mol. The van der Waals surface area contributed by atoms with Gasteiger partial charge in [0.25, 0.3) is 0 Å². The van der Waals surface area contributed by atoms with Crippen LogP contribution in [0.4, 0.5) is 24.0 Å². The molecule has 1 aromatic heterocycles. The number of aryl methyl sites for hydroxylation is 1. The number of benzene rings is 1. The summed E-state index contributed by atoms with van der Waals surface area (Å²) in [5.41, 5.74) is 7.33. The summed E-state index contributed by atoms with van der Waals surface area (Å²) >= 11 is 1.24. The number of fused-ring (bicyclic) bond motifs is 3. The minimum absolute atomic E-state index is 0.0745. The Kier molecular flexibility index (Phi) is 2.86. The lowest BCUT2D eigenvalue weighted by Gasteiger charge is -2.30. The monoisotopic (exact) mass is 301 g/mol. The van der Waals surface area contributed by atoms with E-state index in [9.17, 15) is 18.0 Å². The molecule has 1 amide bonds. The largest absolute Gasteiger partial charge is 0.471 e. The lowest BCUT2D eigenvalue weighted by Crippen LogP contribution is -2.43. The fraction of sp³-hybridized carbons (Fsp3) is 0.333. The molecule has 0 unspecified atom stereocenters. The molecular weight excluding hydrogens is 291 g/mol. The highest BCUT2D eigenvalue weighted by molar-refractivity contribution is 7.22. The van der Waals surface area contributed by atoms with Crippen LogP contribution in [0.15, 0.2) is 12.1 Å². The molecule has 0 bridgehead atoms. The number of carbonyl (C=O) groups is 1. The van der Waals surface area contributed by atoms with Gasteiger partial charge >= 0.3 is 12.1 Å². The lowest BCUT2D eigenvalue weighted by atomic mass is 10.0. The summed E-state index contributed by atoms with van der Waals surface area (Å²) in [4.78, 5) is 16.4. The number of carbonyl (C=O) groups excluding carboxylic acids is 1. The first kappa shape index (κ1) is 13.2. The lowest BCUT2D eigenvalue weighted by molar-refractivity contribution is -0.170. The first-order valence-corrected chi connectivity index (χ1v) is 6.76. The minimum atomic E-state index is -4.86. The molecule has 1 aromatic carbocycles. The summed E-state index contributed by atoms with van der Waals surface area (Å²) in [6, 6.07) is 3.11. The topological polar surface area (TPSA) is 59.2 Å². The molecular formula is C12H10F3N3OS. The highest BCUT2D eigenvalue weighted by Gasteiger charge is 2.44. The van der Waals surface area contributed by atoms with Gasteiger partial charge in [0, 0.05) is 12.2 Å². The van der Waals surface area contributed by atoms with Crippen LogP contribution in [0.3, 0.4) is 0 Å². The summed E-state index contributed by atoms with van der Waals surface area (Å²) in [6.07, 6.45) is -3.75. The molecule has 2 N–H and O–H groups in total. The maximum Gasteiger partial charge on any atom is 0.471 e. The standard InChI is InChI=1S/C12H10F3N3OS/c13-12(14,15)10(19)18-5-1-2-6-8(18)4-3-7-9(6)20-11(16)17-7/h3-4H,1-2,5H2,(H2,16,17). The third kappa shape index (κ3) is 2.00. The summed E-state index contributed by atoms with van der Waals surface area (Å²) < 4.78 is 38.6. The van der Waals surface area contributed by atoms with Crippen molar-refractivity contribution in [2.75, 3.05) is 17.2 Å². The second-order valence-electron chi connectivity index (χ2n) is 4.52. The van der Waals surface area contributed by atoms with E-state index >= 15 is 0 Å². The van der Waals surface area contributed by atoms with Crippen LogP contribution in [-0.2, 0) is 11.2 Å². The predicted octanol–water partition coefficient (Wildman–Crippen LogP) is 2.72. The van der Waals surface area contributed by atoms with Gasteiger partial charge in [0.2, 0.25) is 0 Å². The van der Waals surface area contributed by atoms with Crippen molar-refractivity contribution in [3.05, 3.63) is 17.7 Å². The first-order valence-electron chi connectivity index (χ1n) is 5.94. The maximum atomic E-state index is 12.6. The zero-order valence-electron chi connectivity index (χ0n) is 10.2. The number of aromatic nitrogens is 1. The number of anilines is 2. The van der Waals surface area contributed by atoms with E-state index in [4.69, 9.17) is 5.73 Å². The number of thiazole rings is 1. The Morgan fingerprint density at radius 2 is 2.15 bits per heavy atom. The number of hydrogen-bond acceptors (Lipinski definition) is 4. The molecule has 4 nitrogen and oxygen atoms in total. The Morgan fingerprint density at radius 1 is 1.40 bits per heavy atom. The first-order chi connectivity index (χ1) is 9.38. The van der Waals surface area contributed by atoms with Crippen LogP contribution in [0, 0.1) is 0 Å². The molecule has 106 valence electrons. The van der Waals surface area contributed by atoms with Crippen molar-refractivity contribution in [1.29, 1.82) is 0 Å². The van der Waals surface area contributed by atoms with Crippen LogP contribution in [0.1, 0.15) is 12.0 Å². The van der Waals surface area contributed by atoms with Crippen molar-refractivity contribution in [2.24, 2.45) is 0 Å². The second-order valence-corrected chi connectivity index (χ2v) is 5.55. The summed E-state index contributed by atoms with van der Waals surface area (Å²) in [5.74, 6) is -1.82. The Bertz CT molecular complexity index is 695. The average Bonchev–Trinajstić information content (AvgIpc) is 2.76. The quantitative estimate of drug-likeness (QED) is 0.814. The van der Waals surface area contributed by atoms with Gasteiger partial charge in [-0.2, -0.15) is 13.2 Å². The van der Waals surface area contributed by atoms with Crippen molar-refractivity contribution in [1.82, 2.24) is 4.98 Å². The van der Waals surface area contributed by atoms with Crippen molar-refractivity contribution in [3.8, 4) is 0 Å². The van der Waals surface area contributed by atoms with E-state index in [1.807, 2.05) is 0 Å². The molecule has 3 rings (SSSR count). The van der Waals surface area contributed by atoms with Crippen molar-refractivity contribution < 1.29 is 18.0 Å². The van der Waals surface area contributed by atoms with Gasteiger partial charge in [-0.05, 0) is 30.5 Å². The molecule has 0 atom stereocenters. The summed E-state index contributed by atoms with van der Waals surface area (Å²) in [5, 5.41) is 0.368. The van der Waals surface area contributed by atoms with Gasteiger partial charge in [0.05, 0.1) is 10.2 Å². The van der Waals surface area contributed by atoms with E-state index in [2.05, 4.69) is 4.98 Å². The van der Waals surface area contributed by atoms with Crippen LogP contribution >= 0.6 is 11.3 Å². The van der Waals surface area contributed by atoms with Gasteiger partial charge in [0.1, 0.15) is 0 Å². The number of hydrogen-bond donors (Lipinski definition) is 1. The molecule has 0 spiro atoms. The van der Waals surface area contributed by atoms with Gasteiger partial charge in [-0.25, -0.2) is 4.98 Å². The number of nitrogen functional groups attached to an aromatic ring is 1. The zero-order chi connectivity index (χ0) is 14.5. The van der Waals surface area contributed by atoms with Crippen LogP contribution in [0.25, 0.3) is 10.2 Å². The molecule has 2 aromatic rings. The summed E-state index contributed by atoms with van der Waals surface area (Å²) in [6.45, 7) is 0.0745. The second kappa shape index (κ2) is 4.34. The molecule has 0 radical (unpaired) electrons. The summed E-state index contributed by atoms with van der Waals surface area (Å²) in [7, 11) is 0. The Labute approximate surface area is 116 Å². The highest BCUT2D eigenvalue weighted by Crippen LogP contribution is 2.38. The number of nitrogens with zero attached hydrogens (tertiary/aromatic N) is 2. The fourth-order valence-electron chi connectivity index (χ4n) is 2.45. The van der Waals surface area contributed by atoms with Gasteiger partial charge in [-0.15, -0.1) is 0 Å². The maximum absolute atomic E-state index is 12.6. The fourth-order valence-corrected chi connectivity index (χ4v) is 3.35. The molecule has 1 aliphatic heterocycles. The molecule has 0 fully saturated rings. The molecule has 0 aliphatic carbocycles. The minimum Gasteiger partial charge on any atom is -0.375 e. The molecule has 1 aliphatic rings. The van der Waals surface area contributed by atoms with E-state index in [1.165, 1.54) is 17.4 Å². The number of alkyl halides is 3. The van der Waals surface area contributed by atoms with E-state index < -0.39 is 12.1 Å². The van der Waals surface area contributed by atoms with E-state index in [-0.39, 0.29) is 6.54 Å². The van der Waals surface area contributed by atoms with Gasteiger partial charge in [-0.1, -0.05) is 11.3 Å². The third-order valence-electron chi connectivity index (χ3n) is 3.24. The van der Waals surface area contributed by atoms with E-state index in [0.717, 1.165) is 15.2 Å². The zero-order valence-corrected chi connectivity index (χ0v) is 11.0. The normalized spacial score (nSPS) is 15.4. The molecule has 2 heterocycles. The van der Waals surface area contributed by atoms with Gasteiger partial charge in [0.15, 0.2) is 5.13 Å². The predicted molar refractivity (Wildman–Crippen MR) is 70.8 cm³/mol. The molecule has 0 saturated carbocycles. The number of nitrogens with two attached hydrogens (primary N) is 1. The van der Waals surface area contributed by atoms with Crippen LogP contribution in [0.2, 0.25) is 0 Å². The Balaban J connectivity index is 2.14. The van der Waals surface area contributed by atoms with Crippen LogP contribution < -0.4 is 10.6 Å². The number of amides is 1. The molecule has 8 heteroatoms. The highest BCUT2D eigenvalue weighted by atomic mass is 32.1. The third-order valence-corrected chi connectivity index (χ3v) is 4.20.